The second kappa shape index (κ2) is 4.55. The highest BCUT2D eigenvalue weighted by atomic mass is 16.5. The van der Waals surface area contributed by atoms with Crippen LogP contribution in [0, 0.1) is 0 Å². The fourth-order valence-corrected chi connectivity index (χ4v) is 1.49. The molecule has 3 N–H and O–H groups in total. The summed E-state index contributed by atoms with van der Waals surface area (Å²) < 4.78 is 5.00. The second-order valence-electron chi connectivity index (χ2n) is 3.76. The van der Waals surface area contributed by atoms with E-state index in [4.69, 9.17) is 10.6 Å². The second-order valence-corrected chi connectivity index (χ2v) is 3.76. The molecule has 0 atom stereocenters. The number of ether oxygens (including phenoxy) is 1. The number of aromatic nitrogens is 2. The van der Waals surface area contributed by atoms with E-state index in [1.807, 2.05) is 6.07 Å². The van der Waals surface area contributed by atoms with E-state index in [1.54, 1.807) is 7.11 Å². The van der Waals surface area contributed by atoms with E-state index in [-0.39, 0.29) is 0 Å². The van der Waals surface area contributed by atoms with Crippen LogP contribution >= 0.6 is 0 Å². The number of nitrogen functional groups attached to an aromatic ring is 1. The Hall–Kier alpha value is -1.20. The summed E-state index contributed by atoms with van der Waals surface area (Å²) >= 11 is 0. The Morgan fingerprint density at radius 1 is 1.53 bits per heavy atom. The van der Waals surface area contributed by atoms with Gasteiger partial charge in [-0.25, -0.2) is 15.8 Å². The molecule has 0 saturated heterocycles. The standard InChI is InChI=1S/C10H16N4O/c1-15-5-4-9-12-8(7-2-3-7)6-10(13-9)14-11/h6-7H,2-5,11H2,1H3,(H,12,13,14). The highest BCUT2D eigenvalue weighted by Gasteiger charge is 2.25. The molecule has 15 heavy (non-hydrogen) atoms. The normalized spacial score (nSPS) is 15.3. The summed E-state index contributed by atoms with van der Waals surface area (Å²) in [6.07, 6.45) is 3.18. The number of rotatable bonds is 5. The molecular weight excluding hydrogens is 192 g/mol. The Morgan fingerprint density at radius 3 is 2.93 bits per heavy atom. The summed E-state index contributed by atoms with van der Waals surface area (Å²) in [6.45, 7) is 0.637. The molecule has 5 nitrogen and oxygen atoms in total. The van der Waals surface area contributed by atoms with Crippen LogP contribution in [0.3, 0.4) is 0 Å². The summed E-state index contributed by atoms with van der Waals surface area (Å²) in [5.41, 5.74) is 3.68. The number of methoxy groups -OCH3 is 1. The summed E-state index contributed by atoms with van der Waals surface area (Å²) in [6, 6.07) is 1.92. The Balaban J connectivity index is 2.16. The first kappa shape index (κ1) is 10.3. The van der Waals surface area contributed by atoms with Gasteiger partial charge >= 0.3 is 0 Å². The molecule has 1 aromatic rings. The van der Waals surface area contributed by atoms with Gasteiger partial charge in [-0.1, -0.05) is 0 Å². The van der Waals surface area contributed by atoms with Gasteiger partial charge in [-0.3, -0.25) is 0 Å². The molecule has 82 valence electrons. The zero-order valence-electron chi connectivity index (χ0n) is 8.86. The Labute approximate surface area is 89.0 Å². The van der Waals surface area contributed by atoms with Gasteiger partial charge in [0.25, 0.3) is 0 Å². The summed E-state index contributed by atoms with van der Waals surface area (Å²) in [7, 11) is 1.67. The molecule has 0 aromatic carbocycles. The average Bonchev–Trinajstić information content (AvgIpc) is 3.09. The maximum absolute atomic E-state index is 5.37. The molecule has 2 rings (SSSR count). The number of anilines is 1. The zero-order valence-corrected chi connectivity index (χ0v) is 8.86. The third kappa shape index (κ3) is 2.64. The van der Waals surface area contributed by atoms with Crippen molar-refractivity contribution in [1.82, 2.24) is 9.97 Å². The van der Waals surface area contributed by atoms with Crippen LogP contribution < -0.4 is 11.3 Å². The highest BCUT2D eigenvalue weighted by molar-refractivity contribution is 5.36. The molecule has 0 radical (unpaired) electrons. The molecule has 0 unspecified atom stereocenters. The number of nitrogens with one attached hydrogen (secondary N) is 1. The van der Waals surface area contributed by atoms with Crippen LogP contribution in [-0.2, 0) is 11.2 Å². The minimum atomic E-state index is 0.612. The van der Waals surface area contributed by atoms with Crippen molar-refractivity contribution in [2.45, 2.75) is 25.2 Å². The Bertz CT molecular complexity index is 338. The van der Waals surface area contributed by atoms with Crippen LogP contribution in [0.15, 0.2) is 6.07 Å². The van der Waals surface area contributed by atoms with E-state index in [9.17, 15) is 0 Å². The van der Waals surface area contributed by atoms with Crippen molar-refractivity contribution in [3.63, 3.8) is 0 Å². The third-order valence-electron chi connectivity index (χ3n) is 2.47. The lowest BCUT2D eigenvalue weighted by atomic mass is 10.2. The monoisotopic (exact) mass is 208 g/mol. The lowest BCUT2D eigenvalue weighted by Gasteiger charge is -2.06. The molecule has 1 heterocycles. The molecule has 1 aromatic heterocycles. The molecule has 1 aliphatic carbocycles. The maximum Gasteiger partial charge on any atom is 0.143 e. The first-order valence-corrected chi connectivity index (χ1v) is 5.17. The number of nitrogens with two attached hydrogens (primary N) is 1. The number of nitrogens with zero attached hydrogens (tertiary/aromatic N) is 2. The van der Waals surface area contributed by atoms with Crippen LogP contribution in [0.1, 0.15) is 30.3 Å². The van der Waals surface area contributed by atoms with Crippen molar-refractivity contribution in [1.29, 1.82) is 0 Å². The molecule has 0 amide bonds. The smallest absolute Gasteiger partial charge is 0.143 e. The van der Waals surface area contributed by atoms with Crippen molar-refractivity contribution < 1.29 is 4.74 Å². The molecule has 1 fully saturated rings. The van der Waals surface area contributed by atoms with Crippen molar-refractivity contribution in [2.24, 2.45) is 5.84 Å². The molecule has 0 spiro atoms. The van der Waals surface area contributed by atoms with Crippen LogP contribution in [0.4, 0.5) is 5.82 Å². The fourth-order valence-electron chi connectivity index (χ4n) is 1.49. The number of hydrogen-bond donors (Lipinski definition) is 2. The molecule has 5 heteroatoms. The minimum Gasteiger partial charge on any atom is -0.384 e. The molecular formula is C10H16N4O. The van der Waals surface area contributed by atoms with Crippen LogP contribution in [-0.4, -0.2) is 23.7 Å². The van der Waals surface area contributed by atoms with E-state index in [2.05, 4.69) is 15.4 Å². The minimum absolute atomic E-state index is 0.612. The lowest BCUT2D eigenvalue weighted by Crippen LogP contribution is -2.12. The summed E-state index contributed by atoms with van der Waals surface area (Å²) in [5.74, 6) is 7.47. The Kier molecular flexibility index (Phi) is 3.13. The van der Waals surface area contributed by atoms with E-state index < -0.39 is 0 Å². The Morgan fingerprint density at radius 2 is 2.33 bits per heavy atom. The van der Waals surface area contributed by atoms with Crippen LogP contribution in [0.25, 0.3) is 0 Å². The predicted molar refractivity (Wildman–Crippen MR) is 57.4 cm³/mol. The quantitative estimate of drug-likeness (QED) is 0.554. The van der Waals surface area contributed by atoms with Gasteiger partial charge in [-0.2, -0.15) is 0 Å². The van der Waals surface area contributed by atoms with Crippen molar-refractivity contribution in [3.8, 4) is 0 Å². The number of hydrogen-bond acceptors (Lipinski definition) is 5. The summed E-state index contributed by atoms with van der Waals surface area (Å²) in [5, 5.41) is 0. The zero-order chi connectivity index (χ0) is 10.7. The van der Waals surface area contributed by atoms with E-state index in [0.29, 0.717) is 18.3 Å². The first-order valence-electron chi connectivity index (χ1n) is 5.17. The van der Waals surface area contributed by atoms with E-state index >= 15 is 0 Å². The summed E-state index contributed by atoms with van der Waals surface area (Å²) in [4.78, 5) is 8.77. The molecule has 1 saturated carbocycles. The third-order valence-corrected chi connectivity index (χ3v) is 2.47. The van der Waals surface area contributed by atoms with Crippen molar-refractivity contribution >= 4 is 5.82 Å². The van der Waals surface area contributed by atoms with Gasteiger partial charge < -0.3 is 10.2 Å². The molecule has 0 aliphatic heterocycles. The lowest BCUT2D eigenvalue weighted by molar-refractivity contribution is 0.200. The SMILES string of the molecule is COCCc1nc(NN)cc(C2CC2)n1. The van der Waals surface area contributed by atoms with Crippen molar-refractivity contribution in [3.05, 3.63) is 17.6 Å². The van der Waals surface area contributed by atoms with Gasteiger partial charge in [0.15, 0.2) is 0 Å². The fraction of sp³-hybridized carbons (Fsp3) is 0.600. The van der Waals surface area contributed by atoms with Crippen LogP contribution in [0.5, 0.6) is 0 Å². The van der Waals surface area contributed by atoms with Gasteiger partial charge in [0, 0.05) is 31.2 Å². The van der Waals surface area contributed by atoms with Gasteiger partial charge in [0.1, 0.15) is 11.6 Å². The van der Waals surface area contributed by atoms with Gasteiger partial charge in [-0.15, -0.1) is 0 Å². The topological polar surface area (TPSA) is 73.1 Å². The van der Waals surface area contributed by atoms with Gasteiger partial charge in [0.05, 0.1) is 6.61 Å². The molecule has 0 bridgehead atoms. The van der Waals surface area contributed by atoms with E-state index in [0.717, 1.165) is 17.9 Å². The predicted octanol–water partition coefficient (Wildman–Crippen LogP) is 0.828. The van der Waals surface area contributed by atoms with Crippen LogP contribution in [0.2, 0.25) is 0 Å². The average molecular weight is 208 g/mol. The van der Waals surface area contributed by atoms with E-state index in [1.165, 1.54) is 12.8 Å². The maximum atomic E-state index is 5.37. The largest absolute Gasteiger partial charge is 0.384 e. The van der Waals surface area contributed by atoms with Gasteiger partial charge in [0.2, 0.25) is 0 Å². The first-order chi connectivity index (χ1) is 7.33. The number of hydrazine groups is 1. The molecule has 1 aliphatic rings. The van der Waals surface area contributed by atoms with Gasteiger partial charge in [-0.05, 0) is 12.8 Å². The highest BCUT2D eigenvalue weighted by Crippen LogP contribution is 2.39. The van der Waals surface area contributed by atoms with Crippen molar-refractivity contribution in [2.75, 3.05) is 19.1 Å².